The third kappa shape index (κ3) is 4.51. The highest BCUT2D eigenvalue weighted by molar-refractivity contribution is 6.05. The SMILES string of the molecule is Cc1cc(/C=C2\C=C(c3ccc(C(C)(C)C)cc3)OC2=O)c(C)n1-c1ccc(N(C)C)cc1. The van der Waals surface area contributed by atoms with E-state index >= 15 is 0 Å². The smallest absolute Gasteiger partial charge is 0.343 e. The van der Waals surface area contributed by atoms with Gasteiger partial charge in [0, 0.05) is 42.4 Å². The first kappa shape index (κ1) is 22.7. The molecule has 4 heteroatoms. The lowest BCUT2D eigenvalue weighted by Gasteiger charge is -2.19. The zero-order valence-corrected chi connectivity index (χ0v) is 20.6. The number of nitrogens with zero attached hydrogens (tertiary/aromatic N) is 2. The maximum Gasteiger partial charge on any atom is 0.343 e. The highest BCUT2D eigenvalue weighted by atomic mass is 16.5. The molecule has 33 heavy (non-hydrogen) atoms. The number of hydrogen-bond acceptors (Lipinski definition) is 3. The summed E-state index contributed by atoms with van der Waals surface area (Å²) in [6, 6.07) is 18.8. The van der Waals surface area contributed by atoms with Gasteiger partial charge in [0.05, 0.1) is 5.57 Å². The maximum atomic E-state index is 12.6. The number of aryl methyl sites for hydroxylation is 1. The van der Waals surface area contributed by atoms with Crippen LogP contribution in [0.15, 0.2) is 66.2 Å². The monoisotopic (exact) mass is 440 g/mol. The molecular formula is C29H32N2O2. The molecule has 0 unspecified atom stereocenters. The molecule has 1 aromatic heterocycles. The Hall–Kier alpha value is -3.53. The van der Waals surface area contributed by atoms with Crippen LogP contribution in [0.5, 0.6) is 0 Å². The fourth-order valence-corrected chi connectivity index (χ4v) is 4.16. The molecule has 170 valence electrons. The largest absolute Gasteiger partial charge is 0.422 e. The van der Waals surface area contributed by atoms with Crippen LogP contribution in [0.25, 0.3) is 17.5 Å². The molecule has 4 nitrogen and oxygen atoms in total. The van der Waals surface area contributed by atoms with Crippen LogP contribution in [0.1, 0.15) is 48.8 Å². The minimum absolute atomic E-state index is 0.0830. The highest BCUT2D eigenvalue weighted by Crippen LogP contribution is 2.31. The second-order valence-corrected chi connectivity index (χ2v) is 9.90. The molecular weight excluding hydrogens is 408 g/mol. The minimum Gasteiger partial charge on any atom is -0.422 e. The third-order valence-electron chi connectivity index (χ3n) is 6.17. The van der Waals surface area contributed by atoms with Crippen molar-refractivity contribution in [2.75, 3.05) is 19.0 Å². The van der Waals surface area contributed by atoms with Crippen molar-refractivity contribution in [1.29, 1.82) is 0 Å². The average molecular weight is 441 g/mol. The van der Waals surface area contributed by atoms with Crippen LogP contribution in [-0.4, -0.2) is 24.6 Å². The number of ether oxygens (including phenoxy) is 1. The van der Waals surface area contributed by atoms with Crippen LogP contribution in [0.2, 0.25) is 0 Å². The molecule has 4 rings (SSSR count). The van der Waals surface area contributed by atoms with Crippen molar-refractivity contribution in [3.05, 3.63) is 94.3 Å². The Balaban J connectivity index is 1.64. The van der Waals surface area contributed by atoms with Crippen LogP contribution in [0.3, 0.4) is 0 Å². The van der Waals surface area contributed by atoms with Gasteiger partial charge in [0.1, 0.15) is 5.76 Å². The molecule has 3 aromatic rings. The Bertz CT molecular complexity index is 1250. The Labute approximate surface area is 196 Å². The Morgan fingerprint density at radius 1 is 0.939 bits per heavy atom. The number of aromatic nitrogens is 1. The summed E-state index contributed by atoms with van der Waals surface area (Å²) in [6.45, 7) is 10.7. The van der Waals surface area contributed by atoms with Crippen molar-refractivity contribution >= 4 is 23.5 Å². The second-order valence-electron chi connectivity index (χ2n) is 9.90. The van der Waals surface area contributed by atoms with E-state index in [2.05, 4.69) is 86.6 Å². The van der Waals surface area contributed by atoms with Crippen molar-refractivity contribution in [3.63, 3.8) is 0 Å². The van der Waals surface area contributed by atoms with Gasteiger partial charge >= 0.3 is 5.97 Å². The van der Waals surface area contributed by atoms with Crippen molar-refractivity contribution in [2.24, 2.45) is 0 Å². The predicted octanol–water partition coefficient (Wildman–Crippen LogP) is 6.44. The summed E-state index contributed by atoms with van der Waals surface area (Å²) < 4.78 is 7.81. The van der Waals surface area contributed by atoms with Gasteiger partial charge in [-0.2, -0.15) is 0 Å². The molecule has 0 aliphatic carbocycles. The van der Waals surface area contributed by atoms with Gasteiger partial charge in [-0.15, -0.1) is 0 Å². The quantitative estimate of drug-likeness (QED) is 0.346. The molecule has 0 spiro atoms. The summed E-state index contributed by atoms with van der Waals surface area (Å²) >= 11 is 0. The first-order valence-corrected chi connectivity index (χ1v) is 11.3. The van der Waals surface area contributed by atoms with Gasteiger partial charge in [0.25, 0.3) is 0 Å². The average Bonchev–Trinajstić information content (AvgIpc) is 3.26. The van der Waals surface area contributed by atoms with Crippen LogP contribution in [-0.2, 0) is 14.9 Å². The molecule has 0 saturated carbocycles. The molecule has 0 fully saturated rings. The predicted molar refractivity (Wildman–Crippen MR) is 137 cm³/mol. The van der Waals surface area contributed by atoms with E-state index < -0.39 is 0 Å². The van der Waals surface area contributed by atoms with E-state index in [4.69, 9.17) is 4.74 Å². The van der Waals surface area contributed by atoms with Gasteiger partial charge < -0.3 is 14.2 Å². The lowest BCUT2D eigenvalue weighted by molar-refractivity contribution is -0.130. The molecule has 1 aliphatic heterocycles. The fourth-order valence-electron chi connectivity index (χ4n) is 4.16. The molecule has 0 bridgehead atoms. The number of hydrogen-bond donors (Lipinski definition) is 0. The summed E-state index contributed by atoms with van der Waals surface area (Å²) in [7, 11) is 4.07. The van der Waals surface area contributed by atoms with Crippen LogP contribution in [0, 0.1) is 13.8 Å². The van der Waals surface area contributed by atoms with Gasteiger partial charge in [0.2, 0.25) is 0 Å². The van der Waals surface area contributed by atoms with Gasteiger partial charge in [-0.05, 0) is 72.9 Å². The zero-order valence-electron chi connectivity index (χ0n) is 20.6. The van der Waals surface area contributed by atoms with Gasteiger partial charge in [-0.3, -0.25) is 0 Å². The number of rotatable bonds is 4. The fraction of sp³-hybridized carbons (Fsp3) is 0.276. The maximum absolute atomic E-state index is 12.6. The topological polar surface area (TPSA) is 34.5 Å². The number of esters is 1. The van der Waals surface area contributed by atoms with E-state index in [0.717, 1.165) is 33.9 Å². The summed E-state index contributed by atoms with van der Waals surface area (Å²) in [5, 5.41) is 0. The number of carbonyl (C=O) groups excluding carboxylic acids is 1. The molecule has 1 aliphatic rings. The normalized spacial score (nSPS) is 15.1. The number of benzene rings is 2. The van der Waals surface area contributed by atoms with Crippen LogP contribution >= 0.6 is 0 Å². The van der Waals surface area contributed by atoms with Crippen molar-refractivity contribution in [2.45, 2.75) is 40.0 Å². The molecule has 0 radical (unpaired) electrons. The summed E-state index contributed by atoms with van der Waals surface area (Å²) in [4.78, 5) is 14.7. The van der Waals surface area contributed by atoms with E-state index in [0.29, 0.717) is 11.3 Å². The van der Waals surface area contributed by atoms with Gasteiger partial charge in [-0.25, -0.2) is 4.79 Å². The Kier molecular flexibility index (Phi) is 5.79. The third-order valence-corrected chi connectivity index (χ3v) is 6.17. The van der Waals surface area contributed by atoms with E-state index in [1.807, 2.05) is 38.4 Å². The van der Waals surface area contributed by atoms with Crippen molar-refractivity contribution in [1.82, 2.24) is 4.57 Å². The molecule has 2 aromatic carbocycles. The Morgan fingerprint density at radius 2 is 1.58 bits per heavy atom. The summed E-state index contributed by atoms with van der Waals surface area (Å²) in [5.41, 5.74) is 8.27. The van der Waals surface area contributed by atoms with Crippen molar-refractivity contribution < 1.29 is 9.53 Å². The number of anilines is 1. The second kappa shape index (κ2) is 8.43. The summed E-state index contributed by atoms with van der Waals surface area (Å²) in [5.74, 6) is 0.282. The first-order valence-electron chi connectivity index (χ1n) is 11.3. The van der Waals surface area contributed by atoms with E-state index in [1.165, 1.54) is 5.56 Å². The van der Waals surface area contributed by atoms with Crippen LogP contribution < -0.4 is 4.90 Å². The molecule has 0 saturated heterocycles. The lowest BCUT2D eigenvalue weighted by atomic mass is 9.86. The Morgan fingerprint density at radius 3 is 2.15 bits per heavy atom. The molecule has 0 atom stereocenters. The minimum atomic E-state index is -0.315. The van der Waals surface area contributed by atoms with Gasteiger partial charge in [-0.1, -0.05) is 45.0 Å². The summed E-state index contributed by atoms with van der Waals surface area (Å²) in [6.07, 6.45) is 3.76. The van der Waals surface area contributed by atoms with E-state index in [9.17, 15) is 4.79 Å². The van der Waals surface area contributed by atoms with E-state index in [1.54, 1.807) is 0 Å². The lowest BCUT2D eigenvalue weighted by Crippen LogP contribution is -2.10. The van der Waals surface area contributed by atoms with Crippen molar-refractivity contribution in [3.8, 4) is 5.69 Å². The number of carbonyl (C=O) groups is 1. The van der Waals surface area contributed by atoms with Crippen LogP contribution in [0.4, 0.5) is 5.69 Å². The molecule has 2 heterocycles. The number of cyclic esters (lactones) is 1. The standard InChI is InChI=1S/C29H32N2O2/c1-19-16-22(20(2)31(19)26-14-12-25(13-15-26)30(6)7)17-23-18-27(33-28(23)32)21-8-10-24(11-9-21)29(3,4)5/h8-18H,1-7H3/b23-17+. The first-order chi connectivity index (χ1) is 15.5. The highest BCUT2D eigenvalue weighted by Gasteiger charge is 2.23. The molecule has 0 amide bonds. The van der Waals surface area contributed by atoms with Gasteiger partial charge in [0.15, 0.2) is 0 Å². The van der Waals surface area contributed by atoms with E-state index in [-0.39, 0.29) is 11.4 Å². The zero-order chi connectivity index (χ0) is 23.9. The molecule has 0 N–H and O–H groups in total.